The molecular formula is C16H14Br2O2. The van der Waals surface area contributed by atoms with E-state index >= 15 is 0 Å². The lowest BCUT2D eigenvalue weighted by atomic mass is 9.93. The first kappa shape index (κ1) is 15.3. The van der Waals surface area contributed by atoms with E-state index in [1.165, 1.54) is 6.92 Å². The average molecular weight is 398 g/mol. The second kappa shape index (κ2) is 6.55. The van der Waals surface area contributed by atoms with E-state index in [4.69, 9.17) is 4.74 Å². The Morgan fingerprint density at radius 1 is 1.10 bits per heavy atom. The predicted octanol–water partition coefficient (Wildman–Crippen LogP) is 4.65. The molecule has 2 aromatic rings. The van der Waals surface area contributed by atoms with Gasteiger partial charge in [-0.1, -0.05) is 74.3 Å². The van der Waals surface area contributed by atoms with E-state index in [0.717, 1.165) is 11.1 Å². The molecule has 20 heavy (non-hydrogen) atoms. The Labute approximate surface area is 135 Å². The van der Waals surface area contributed by atoms with Crippen molar-refractivity contribution in [3.8, 4) is 5.75 Å². The zero-order valence-electron chi connectivity index (χ0n) is 11.0. The van der Waals surface area contributed by atoms with Gasteiger partial charge in [0.15, 0.2) is 0 Å². The monoisotopic (exact) mass is 396 g/mol. The van der Waals surface area contributed by atoms with Crippen LogP contribution < -0.4 is 4.74 Å². The van der Waals surface area contributed by atoms with Gasteiger partial charge in [-0.2, -0.15) is 0 Å². The van der Waals surface area contributed by atoms with Crippen molar-refractivity contribution in [3.05, 3.63) is 65.7 Å². The Bertz CT molecular complexity index is 598. The molecule has 0 amide bonds. The molecule has 0 aliphatic rings. The summed E-state index contributed by atoms with van der Waals surface area (Å²) in [5.74, 6) is 0.233. The van der Waals surface area contributed by atoms with Crippen molar-refractivity contribution in [1.29, 1.82) is 0 Å². The molecule has 0 saturated heterocycles. The van der Waals surface area contributed by atoms with Crippen molar-refractivity contribution < 1.29 is 9.53 Å². The number of hydrogen-bond donors (Lipinski definition) is 0. The third-order valence-electron chi connectivity index (χ3n) is 2.97. The lowest BCUT2D eigenvalue weighted by molar-refractivity contribution is -0.131. The van der Waals surface area contributed by atoms with Crippen molar-refractivity contribution in [1.82, 2.24) is 0 Å². The lowest BCUT2D eigenvalue weighted by Gasteiger charge is -2.27. The number of rotatable bonds is 4. The number of carbonyl (C=O) groups is 1. The number of esters is 1. The third kappa shape index (κ3) is 3.30. The molecule has 0 heterocycles. The van der Waals surface area contributed by atoms with Gasteiger partial charge in [-0.25, -0.2) is 0 Å². The first-order chi connectivity index (χ1) is 9.56. The van der Waals surface area contributed by atoms with E-state index in [2.05, 4.69) is 44.0 Å². The fourth-order valence-electron chi connectivity index (χ4n) is 2.00. The Hall–Kier alpha value is -1.13. The fraction of sp³-hybridized carbons (Fsp3) is 0.188. The minimum absolute atomic E-state index is 0.319. The van der Waals surface area contributed by atoms with E-state index in [1.807, 2.05) is 36.4 Å². The lowest BCUT2D eigenvalue weighted by Crippen LogP contribution is -2.21. The van der Waals surface area contributed by atoms with Gasteiger partial charge in [-0.3, -0.25) is 4.79 Å². The second-order valence-corrected chi connectivity index (χ2v) is 6.34. The van der Waals surface area contributed by atoms with E-state index in [0.29, 0.717) is 11.1 Å². The Balaban J connectivity index is 2.44. The van der Waals surface area contributed by atoms with Crippen LogP contribution >= 0.6 is 31.9 Å². The van der Waals surface area contributed by atoms with E-state index < -0.39 is 0 Å². The van der Waals surface area contributed by atoms with Gasteiger partial charge in [0.25, 0.3) is 0 Å². The van der Waals surface area contributed by atoms with Crippen molar-refractivity contribution in [2.24, 2.45) is 0 Å². The van der Waals surface area contributed by atoms with Crippen LogP contribution in [-0.2, 0) is 9.12 Å². The van der Waals surface area contributed by atoms with Gasteiger partial charge in [0.1, 0.15) is 5.75 Å². The quantitative estimate of drug-likeness (QED) is 0.426. The van der Waals surface area contributed by atoms with Gasteiger partial charge >= 0.3 is 5.97 Å². The minimum atomic E-state index is -0.357. The first-order valence-corrected chi connectivity index (χ1v) is 8.07. The molecule has 2 aromatic carbocycles. The largest absolute Gasteiger partial charge is 0.427 e. The molecule has 0 radical (unpaired) electrons. The zero-order valence-corrected chi connectivity index (χ0v) is 14.1. The van der Waals surface area contributed by atoms with Crippen molar-refractivity contribution >= 4 is 37.8 Å². The molecule has 2 nitrogen and oxygen atoms in total. The van der Waals surface area contributed by atoms with Crippen LogP contribution in [0, 0.1) is 0 Å². The van der Waals surface area contributed by atoms with Crippen molar-refractivity contribution in [2.45, 2.75) is 11.2 Å². The number of benzene rings is 2. The molecule has 0 saturated carbocycles. The molecule has 0 bridgehead atoms. The fourth-order valence-corrected chi connectivity index (χ4v) is 3.15. The highest BCUT2D eigenvalue weighted by atomic mass is 79.9. The van der Waals surface area contributed by atoms with Gasteiger partial charge in [-0.05, 0) is 23.3 Å². The zero-order chi connectivity index (χ0) is 14.6. The van der Waals surface area contributed by atoms with Crippen LogP contribution in [0.4, 0.5) is 0 Å². The molecule has 0 aliphatic carbocycles. The summed E-state index contributed by atoms with van der Waals surface area (Å²) < 4.78 is 4.80. The van der Waals surface area contributed by atoms with Crippen LogP contribution in [-0.4, -0.2) is 11.3 Å². The van der Waals surface area contributed by atoms with Gasteiger partial charge in [0.2, 0.25) is 0 Å². The van der Waals surface area contributed by atoms with Gasteiger partial charge in [0.05, 0.1) is 4.32 Å². The topological polar surface area (TPSA) is 26.3 Å². The Morgan fingerprint density at radius 2 is 1.75 bits per heavy atom. The highest BCUT2D eigenvalue weighted by Gasteiger charge is 2.30. The standard InChI is InChI=1S/C16H14Br2O2/c1-12(19)20-15-9-5-8-14(10-15)16(18,11-17)13-6-3-2-4-7-13/h2-10H,11H2,1H3. The van der Waals surface area contributed by atoms with Crippen LogP contribution in [0.1, 0.15) is 18.1 Å². The highest BCUT2D eigenvalue weighted by molar-refractivity contribution is 9.12. The first-order valence-electron chi connectivity index (χ1n) is 6.15. The summed E-state index contributed by atoms with van der Waals surface area (Å²) >= 11 is 7.38. The summed E-state index contributed by atoms with van der Waals surface area (Å²) in [6.07, 6.45) is 0. The highest BCUT2D eigenvalue weighted by Crippen LogP contribution is 2.41. The predicted molar refractivity (Wildman–Crippen MR) is 87.7 cm³/mol. The summed E-state index contributed by atoms with van der Waals surface area (Å²) in [4.78, 5) is 11.1. The number of alkyl halides is 2. The molecule has 0 aromatic heterocycles. The molecule has 1 atom stereocenters. The molecule has 0 N–H and O–H groups in total. The maximum absolute atomic E-state index is 11.1. The third-order valence-corrected chi connectivity index (χ3v) is 5.76. The molecule has 104 valence electrons. The number of halogens is 2. The smallest absolute Gasteiger partial charge is 0.308 e. The van der Waals surface area contributed by atoms with Crippen LogP contribution in [0.25, 0.3) is 0 Å². The van der Waals surface area contributed by atoms with Crippen molar-refractivity contribution in [2.75, 3.05) is 5.33 Å². The normalized spacial score (nSPS) is 13.6. The van der Waals surface area contributed by atoms with Crippen LogP contribution in [0.15, 0.2) is 54.6 Å². The maximum Gasteiger partial charge on any atom is 0.308 e. The number of carbonyl (C=O) groups excluding carboxylic acids is 1. The van der Waals surface area contributed by atoms with E-state index in [1.54, 1.807) is 6.07 Å². The van der Waals surface area contributed by atoms with E-state index in [9.17, 15) is 4.79 Å². The average Bonchev–Trinajstić information content (AvgIpc) is 2.47. The van der Waals surface area contributed by atoms with Gasteiger partial charge in [0, 0.05) is 12.3 Å². The SMILES string of the molecule is CC(=O)Oc1cccc(C(Br)(CBr)c2ccccc2)c1. The molecule has 4 heteroatoms. The summed E-state index contributed by atoms with van der Waals surface area (Å²) in [6.45, 7) is 1.40. The number of ether oxygens (including phenoxy) is 1. The molecule has 0 fully saturated rings. The van der Waals surface area contributed by atoms with Gasteiger partial charge < -0.3 is 4.74 Å². The molecule has 2 rings (SSSR count). The number of hydrogen-bond acceptors (Lipinski definition) is 2. The molecule has 1 unspecified atom stereocenters. The Kier molecular flexibility index (Phi) is 5.00. The Morgan fingerprint density at radius 3 is 2.35 bits per heavy atom. The maximum atomic E-state index is 11.1. The van der Waals surface area contributed by atoms with Crippen LogP contribution in [0.5, 0.6) is 5.75 Å². The molecule has 0 spiro atoms. The second-order valence-electron chi connectivity index (χ2n) is 4.42. The van der Waals surface area contributed by atoms with Gasteiger partial charge in [-0.15, -0.1) is 0 Å². The summed E-state index contributed by atoms with van der Waals surface area (Å²) in [5, 5.41) is 0.702. The molecule has 0 aliphatic heterocycles. The summed E-state index contributed by atoms with van der Waals surface area (Å²) in [6, 6.07) is 17.7. The van der Waals surface area contributed by atoms with Crippen LogP contribution in [0.2, 0.25) is 0 Å². The van der Waals surface area contributed by atoms with Crippen LogP contribution in [0.3, 0.4) is 0 Å². The van der Waals surface area contributed by atoms with E-state index in [-0.39, 0.29) is 10.3 Å². The van der Waals surface area contributed by atoms with Crippen molar-refractivity contribution in [3.63, 3.8) is 0 Å². The minimum Gasteiger partial charge on any atom is -0.427 e. The summed E-state index contributed by atoms with van der Waals surface area (Å²) in [5.41, 5.74) is 2.16. The summed E-state index contributed by atoms with van der Waals surface area (Å²) in [7, 11) is 0. The molecular weight excluding hydrogens is 384 g/mol.